The van der Waals surface area contributed by atoms with Crippen molar-refractivity contribution in [1.29, 1.82) is 0 Å². The van der Waals surface area contributed by atoms with Crippen molar-refractivity contribution in [3.63, 3.8) is 0 Å². The van der Waals surface area contributed by atoms with E-state index in [1.54, 1.807) is 16.8 Å². The molecule has 2 fully saturated rings. The summed E-state index contributed by atoms with van der Waals surface area (Å²) in [4.78, 5) is 26.9. The molecule has 0 bridgehead atoms. The average Bonchev–Trinajstić information content (AvgIpc) is 2.85. The highest BCUT2D eigenvalue weighted by Gasteiger charge is 2.36. The molecule has 3 rings (SSSR count). The Balaban J connectivity index is 1.53. The van der Waals surface area contributed by atoms with Gasteiger partial charge in [0.15, 0.2) is 0 Å². The number of amides is 2. The van der Waals surface area contributed by atoms with Crippen LogP contribution in [0.3, 0.4) is 0 Å². The molecule has 0 spiro atoms. The van der Waals surface area contributed by atoms with Gasteiger partial charge >= 0.3 is 0 Å². The summed E-state index contributed by atoms with van der Waals surface area (Å²) in [7, 11) is 1.75. The Bertz CT molecular complexity index is 557. The van der Waals surface area contributed by atoms with Crippen LogP contribution in [0.25, 0.3) is 0 Å². The first kappa shape index (κ1) is 14.5. The molecular formula is C15H20N2O3S. The molecule has 1 saturated carbocycles. The first-order valence-electron chi connectivity index (χ1n) is 7.29. The average molecular weight is 308 g/mol. The van der Waals surface area contributed by atoms with Crippen molar-refractivity contribution in [2.75, 3.05) is 25.9 Å². The lowest BCUT2D eigenvalue weighted by Crippen LogP contribution is -2.38. The molecule has 0 N–H and O–H groups in total. The fourth-order valence-corrected chi connectivity index (χ4v) is 3.40. The van der Waals surface area contributed by atoms with Gasteiger partial charge in [0.05, 0.1) is 6.54 Å². The maximum absolute atomic E-state index is 12.1. The number of likely N-dealkylation sites (N-methyl/N-ethyl adjacent to an activating group) is 1. The summed E-state index contributed by atoms with van der Waals surface area (Å²) in [5.41, 5.74) is 0. The standard InChI is InChI=1S/C15H20N2O3S/c1-10-7-12(10)13-4-3-11(20-13)8-16(2)14(18)9-17-5-6-21-15(17)19/h3-4,10,12H,5-9H2,1-2H3. The van der Waals surface area contributed by atoms with E-state index >= 15 is 0 Å². The molecule has 0 radical (unpaired) electrons. The van der Waals surface area contributed by atoms with Gasteiger partial charge in [-0.3, -0.25) is 9.59 Å². The van der Waals surface area contributed by atoms with Gasteiger partial charge in [0.2, 0.25) is 5.91 Å². The van der Waals surface area contributed by atoms with E-state index in [1.165, 1.54) is 18.2 Å². The fourth-order valence-electron chi connectivity index (χ4n) is 2.57. The summed E-state index contributed by atoms with van der Waals surface area (Å²) in [6, 6.07) is 3.96. The van der Waals surface area contributed by atoms with E-state index in [-0.39, 0.29) is 17.7 Å². The number of thioether (sulfide) groups is 1. The van der Waals surface area contributed by atoms with Crippen LogP contribution in [-0.2, 0) is 11.3 Å². The highest BCUT2D eigenvalue weighted by molar-refractivity contribution is 8.13. The van der Waals surface area contributed by atoms with E-state index in [0.29, 0.717) is 24.9 Å². The van der Waals surface area contributed by atoms with Crippen LogP contribution in [0.4, 0.5) is 4.79 Å². The zero-order valence-electron chi connectivity index (χ0n) is 12.4. The molecule has 1 aliphatic heterocycles. The summed E-state index contributed by atoms with van der Waals surface area (Å²) >= 11 is 1.27. The second-order valence-electron chi connectivity index (χ2n) is 5.91. The topological polar surface area (TPSA) is 53.8 Å². The fraction of sp³-hybridized carbons (Fsp3) is 0.600. The Labute approximate surface area is 128 Å². The van der Waals surface area contributed by atoms with Crippen LogP contribution in [0, 0.1) is 5.92 Å². The van der Waals surface area contributed by atoms with E-state index in [1.807, 2.05) is 12.1 Å². The number of nitrogens with zero attached hydrogens (tertiary/aromatic N) is 2. The molecule has 1 saturated heterocycles. The predicted molar refractivity (Wildman–Crippen MR) is 81.1 cm³/mol. The van der Waals surface area contributed by atoms with Gasteiger partial charge in [-0.15, -0.1) is 0 Å². The van der Waals surface area contributed by atoms with Crippen LogP contribution in [-0.4, -0.2) is 46.8 Å². The highest BCUT2D eigenvalue weighted by Crippen LogP contribution is 2.47. The molecule has 5 nitrogen and oxygen atoms in total. The molecule has 21 heavy (non-hydrogen) atoms. The van der Waals surface area contributed by atoms with Gasteiger partial charge in [-0.05, 0) is 24.5 Å². The van der Waals surface area contributed by atoms with E-state index in [2.05, 4.69) is 6.92 Å². The lowest BCUT2D eigenvalue weighted by Gasteiger charge is -2.20. The normalized spacial score (nSPS) is 24.5. The maximum Gasteiger partial charge on any atom is 0.282 e. The number of hydrogen-bond donors (Lipinski definition) is 0. The van der Waals surface area contributed by atoms with E-state index in [4.69, 9.17) is 4.42 Å². The summed E-state index contributed by atoms with van der Waals surface area (Å²) in [6.07, 6.45) is 1.19. The number of rotatable bonds is 5. The minimum atomic E-state index is -0.0522. The third-order valence-electron chi connectivity index (χ3n) is 4.15. The third kappa shape index (κ3) is 3.26. The summed E-state index contributed by atoms with van der Waals surface area (Å²) in [5, 5.41) is -0.000226. The Morgan fingerprint density at radius 1 is 1.52 bits per heavy atom. The smallest absolute Gasteiger partial charge is 0.282 e. The Hall–Kier alpha value is -1.43. The van der Waals surface area contributed by atoms with Gasteiger partial charge in [-0.2, -0.15) is 0 Å². The van der Waals surface area contributed by atoms with Crippen molar-refractivity contribution in [2.24, 2.45) is 5.92 Å². The van der Waals surface area contributed by atoms with Crippen molar-refractivity contribution in [1.82, 2.24) is 9.80 Å². The van der Waals surface area contributed by atoms with Gasteiger partial charge in [0.1, 0.15) is 18.1 Å². The Kier molecular flexibility index (Phi) is 3.97. The Morgan fingerprint density at radius 3 is 2.90 bits per heavy atom. The first-order chi connectivity index (χ1) is 10.0. The van der Waals surface area contributed by atoms with Crippen molar-refractivity contribution >= 4 is 22.9 Å². The van der Waals surface area contributed by atoms with E-state index in [0.717, 1.165) is 17.3 Å². The van der Waals surface area contributed by atoms with Crippen LogP contribution in [0.5, 0.6) is 0 Å². The molecule has 114 valence electrons. The van der Waals surface area contributed by atoms with E-state index in [9.17, 15) is 9.59 Å². The van der Waals surface area contributed by atoms with E-state index < -0.39 is 0 Å². The monoisotopic (exact) mass is 308 g/mol. The maximum atomic E-state index is 12.1. The van der Waals surface area contributed by atoms with Crippen LogP contribution < -0.4 is 0 Å². The summed E-state index contributed by atoms with van der Waals surface area (Å²) < 4.78 is 5.81. The Morgan fingerprint density at radius 2 is 2.29 bits per heavy atom. The summed E-state index contributed by atoms with van der Waals surface area (Å²) in [6.45, 7) is 3.49. The van der Waals surface area contributed by atoms with Crippen LogP contribution in [0.1, 0.15) is 30.8 Å². The molecule has 1 aliphatic carbocycles. The van der Waals surface area contributed by atoms with Crippen molar-refractivity contribution in [2.45, 2.75) is 25.8 Å². The largest absolute Gasteiger partial charge is 0.464 e. The number of carbonyl (C=O) groups is 2. The molecule has 2 aliphatic rings. The van der Waals surface area contributed by atoms with Gasteiger partial charge in [0, 0.05) is 25.3 Å². The highest BCUT2D eigenvalue weighted by atomic mass is 32.2. The van der Waals surface area contributed by atoms with Gasteiger partial charge in [0.25, 0.3) is 5.24 Å². The molecular weight excluding hydrogens is 288 g/mol. The summed E-state index contributed by atoms with van der Waals surface area (Å²) in [5.74, 6) is 3.83. The lowest BCUT2D eigenvalue weighted by molar-refractivity contribution is -0.131. The SMILES string of the molecule is CC1CC1c1ccc(CN(C)C(=O)CN2CCSC2=O)o1. The van der Waals surface area contributed by atoms with Crippen molar-refractivity contribution < 1.29 is 14.0 Å². The molecule has 1 aromatic heterocycles. The van der Waals surface area contributed by atoms with Gasteiger partial charge < -0.3 is 14.2 Å². The molecule has 0 aromatic carbocycles. The molecule has 2 atom stereocenters. The second-order valence-corrected chi connectivity index (χ2v) is 6.96. The van der Waals surface area contributed by atoms with Crippen LogP contribution >= 0.6 is 11.8 Å². The minimum absolute atomic E-state index is 0.000226. The molecule has 2 heterocycles. The second kappa shape index (κ2) is 5.75. The third-order valence-corrected chi connectivity index (χ3v) is 5.04. The number of carbonyl (C=O) groups excluding carboxylic acids is 2. The number of furan rings is 1. The predicted octanol–water partition coefficient (Wildman–Crippen LogP) is 2.53. The molecule has 2 unspecified atom stereocenters. The molecule has 2 amide bonds. The first-order valence-corrected chi connectivity index (χ1v) is 8.27. The minimum Gasteiger partial charge on any atom is -0.464 e. The quantitative estimate of drug-likeness (QED) is 0.839. The zero-order chi connectivity index (χ0) is 15.0. The van der Waals surface area contributed by atoms with Gasteiger partial charge in [-0.25, -0.2) is 0 Å². The molecule has 6 heteroatoms. The zero-order valence-corrected chi connectivity index (χ0v) is 13.2. The molecule has 1 aromatic rings. The lowest BCUT2D eigenvalue weighted by atomic mass is 10.3. The van der Waals surface area contributed by atoms with Crippen molar-refractivity contribution in [3.8, 4) is 0 Å². The van der Waals surface area contributed by atoms with Crippen LogP contribution in [0.2, 0.25) is 0 Å². The number of hydrogen-bond acceptors (Lipinski definition) is 4. The van der Waals surface area contributed by atoms with Gasteiger partial charge in [-0.1, -0.05) is 18.7 Å². The van der Waals surface area contributed by atoms with Crippen LogP contribution in [0.15, 0.2) is 16.5 Å². The van der Waals surface area contributed by atoms with Crippen molar-refractivity contribution in [3.05, 3.63) is 23.7 Å².